The molecule has 0 aliphatic rings. The Labute approximate surface area is 106 Å². The predicted octanol–water partition coefficient (Wildman–Crippen LogP) is 2.97. The average molecular weight is 321 g/mol. The number of benzene rings is 1. The van der Waals surface area contributed by atoms with Gasteiger partial charge in [0.05, 0.1) is 5.52 Å². The van der Waals surface area contributed by atoms with E-state index in [1.54, 1.807) is 6.20 Å². The molecular formula is C12H8IN3. The number of nitrogens with two attached hydrogens (primary N) is 1. The standard InChI is InChI=1S/C12H8IN3/c13-7-3-4-8-9-2-1-5-15-11(9)12(14)16-10(8)6-7/h1-6H,(H2,14,16). The van der Waals surface area contributed by atoms with Crippen LogP contribution in [0.25, 0.3) is 21.8 Å². The van der Waals surface area contributed by atoms with Crippen molar-refractivity contribution in [3.05, 3.63) is 40.1 Å². The van der Waals surface area contributed by atoms with Crippen LogP contribution >= 0.6 is 22.6 Å². The first-order chi connectivity index (χ1) is 7.75. The number of halogens is 1. The number of nitrogen functional groups attached to an aromatic ring is 1. The second-order valence-corrected chi connectivity index (χ2v) is 4.80. The number of anilines is 1. The van der Waals surface area contributed by atoms with E-state index in [9.17, 15) is 0 Å². The molecule has 0 bridgehead atoms. The van der Waals surface area contributed by atoms with Gasteiger partial charge in [0.25, 0.3) is 0 Å². The van der Waals surface area contributed by atoms with Gasteiger partial charge in [-0.05, 0) is 40.8 Å². The first-order valence-corrected chi connectivity index (χ1v) is 5.93. The Balaban J connectivity index is 2.59. The molecular weight excluding hydrogens is 313 g/mol. The summed E-state index contributed by atoms with van der Waals surface area (Å²) in [5.74, 6) is 0.491. The highest BCUT2D eigenvalue weighted by Gasteiger charge is 2.06. The van der Waals surface area contributed by atoms with E-state index in [2.05, 4.69) is 44.7 Å². The second kappa shape index (κ2) is 3.55. The Morgan fingerprint density at radius 2 is 2.00 bits per heavy atom. The Hall–Kier alpha value is -1.43. The van der Waals surface area contributed by atoms with E-state index in [-0.39, 0.29) is 0 Å². The van der Waals surface area contributed by atoms with E-state index in [0.29, 0.717) is 5.82 Å². The van der Waals surface area contributed by atoms with Gasteiger partial charge in [-0.3, -0.25) is 4.98 Å². The first-order valence-electron chi connectivity index (χ1n) is 4.85. The fourth-order valence-electron chi connectivity index (χ4n) is 1.83. The lowest BCUT2D eigenvalue weighted by molar-refractivity contribution is 1.36. The molecule has 0 unspecified atom stereocenters. The summed E-state index contributed by atoms with van der Waals surface area (Å²) >= 11 is 2.27. The van der Waals surface area contributed by atoms with Gasteiger partial charge >= 0.3 is 0 Å². The maximum Gasteiger partial charge on any atom is 0.150 e. The molecule has 16 heavy (non-hydrogen) atoms. The van der Waals surface area contributed by atoms with Crippen molar-refractivity contribution in [1.82, 2.24) is 9.97 Å². The number of pyridine rings is 2. The van der Waals surface area contributed by atoms with Crippen molar-refractivity contribution in [2.75, 3.05) is 5.73 Å². The summed E-state index contributed by atoms with van der Waals surface area (Å²) in [5.41, 5.74) is 7.59. The molecule has 0 radical (unpaired) electrons. The topological polar surface area (TPSA) is 51.8 Å². The highest BCUT2D eigenvalue weighted by atomic mass is 127. The normalized spacial score (nSPS) is 11.1. The minimum absolute atomic E-state index is 0.491. The molecule has 0 aliphatic carbocycles. The quantitative estimate of drug-likeness (QED) is 0.512. The monoisotopic (exact) mass is 321 g/mol. The van der Waals surface area contributed by atoms with Crippen LogP contribution in [0, 0.1) is 3.57 Å². The molecule has 2 heterocycles. The Bertz CT molecular complexity index is 694. The van der Waals surface area contributed by atoms with Gasteiger partial charge in [-0.2, -0.15) is 0 Å². The molecule has 3 aromatic rings. The summed E-state index contributed by atoms with van der Waals surface area (Å²) in [7, 11) is 0. The van der Waals surface area contributed by atoms with Crippen molar-refractivity contribution < 1.29 is 0 Å². The number of hydrogen-bond acceptors (Lipinski definition) is 3. The Morgan fingerprint density at radius 1 is 1.12 bits per heavy atom. The van der Waals surface area contributed by atoms with Crippen LogP contribution in [-0.2, 0) is 0 Å². The minimum Gasteiger partial charge on any atom is -0.382 e. The lowest BCUT2D eigenvalue weighted by Gasteiger charge is -2.05. The van der Waals surface area contributed by atoms with Crippen LogP contribution in [0.15, 0.2) is 36.5 Å². The zero-order chi connectivity index (χ0) is 11.1. The molecule has 0 saturated carbocycles. The summed E-state index contributed by atoms with van der Waals surface area (Å²) in [6.45, 7) is 0. The van der Waals surface area contributed by atoms with Crippen LogP contribution < -0.4 is 5.73 Å². The van der Waals surface area contributed by atoms with E-state index in [1.165, 1.54) is 0 Å². The largest absolute Gasteiger partial charge is 0.382 e. The van der Waals surface area contributed by atoms with Gasteiger partial charge < -0.3 is 5.73 Å². The molecule has 0 saturated heterocycles. The highest BCUT2D eigenvalue weighted by Crippen LogP contribution is 2.26. The summed E-state index contributed by atoms with van der Waals surface area (Å²) in [5, 5.41) is 2.15. The molecule has 2 aromatic heterocycles. The van der Waals surface area contributed by atoms with Crippen LogP contribution in [0.1, 0.15) is 0 Å². The predicted molar refractivity (Wildman–Crippen MR) is 74.2 cm³/mol. The van der Waals surface area contributed by atoms with Gasteiger partial charge in [-0.25, -0.2) is 4.98 Å². The third kappa shape index (κ3) is 1.41. The van der Waals surface area contributed by atoms with Crippen LogP contribution in [0.4, 0.5) is 5.82 Å². The van der Waals surface area contributed by atoms with Gasteiger partial charge in [-0.15, -0.1) is 0 Å². The molecule has 1 aromatic carbocycles. The fourth-order valence-corrected chi connectivity index (χ4v) is 2.31. The molecule has 0 amide bonds. The Morgan fingerprint density at radius 3 is 2.88 bits per heavy atom. The summed E-state index contributed by atoms with van der Waals surface area (Å²) in [6.07, 6.45) is 1.74. The third-order valence-electron chi connectivity index (χ3n) is 2.54. The van der Waals surface area contributed by atoms with Crippen molar-refractivity contribution in [1.29, 1.82) is 0 Å². The molecule has 3 nitrogen and oxygen atoms in total. The number of fused-ring (bicyclic) bond motifs is 3. The summed E-state index contributed by atoms with van der Waals surface area (Å²) in [4.78, 5) is 8.64. The zero-order valence-electron chi connectivity index (χ0n) is 8.31. The maximum atomic E-state index is 5.90. The van der Waals surface area contributed by atoms with E-state index in [1.807, 2.05) is 18.2 Å². The molecule has 3 rings (SSSR count). The lowest BCUT2D eigenvalue weighted by atomic mass is 10.1. The lowest BCUT2D eigenvalue weighted by Crippen LogP contribution is -1.95. The van der Waals surface area contributed by atoms with Gasteiger partial charge in [0.15, 0.2) is 5.82 Å². The van der Waals surface area contributed by atoms with Gasteiger partial charge in [0.2, 0.25) is 0 Å². The van der Waals surface area contributed by atoms with Gasteiger partial charge in [0, 0.05) is 20.5 Å². The summed E-state index contributed by atoms with van der Waals surface area (Å²) in [6, 6.07) is 10.1. The second-order valence-electron chi connectivity index (χ2n) is 3.56. The van der Waals surface area contributed by atoms with E-state index < -0.39 is 0 Å². The molecule has 2 N–H and O–H groups in total. The zero-order valence-corrected chi connectivity index (χ0v) is 10.5. The summed E-state index contributed by atoms with van der Waals surface area (Å²) < 4.78 is 1.15. The van der Waals surface area contributed by atoms with Crippen LogP contribution in [0.5, 0.6) is 0 Å². The van der Waals surface area contributed by atoms with E-state index in [4.69, 9.17) is 5.73 Å². The van der Waals surface area contributed by atoms with Crippen molar-refractivity contribution >= 4 is 50.2 Å². The maximum absolute atomic E-state index is 5.90. The Kier molecular flexibility index (Phi) is 2.17. The molecule has 0 fully saturated rings. The third-order valence-corrected chi connectivity index (χ3v) is 3.21. The van der Waals surface area contributed by atoms with Crippen molar-refractivity contribution in [2.24, 2.45) is 0 Å². The molecule has 78 valence electrons. The van der Waals surface area contributed by atoms with Crippen LogP contribution in [-0.4, -0.2) is 9.97 Å². The van der Waals surface area contributed by atoms with Crippen molar-refractivity contribution in [2.45, 2.75) is 0 Å². The number of nitrogens with zero attached hydrogens (tertiary/aromatic N) is 2. The first kappa shape index (κ1) is 9.77. The fraction of sp³-hybridized carbons (Fsp3) is 0. The number of rotatable bonds is 0. The van der Waals surface area contributed by atoms with Crippen molar-refractivity contribution in [3.63, 3.8) is 0 Å². The molecule has 0 aliphatic heterocycles. The molecule has 0 spiro atoms. The highest BCUT2D eigenvalue weighted by molar-refractivity contribution is 14.1. The molecule has 4 heteroatoms. The van der Waals surface area contributed by atoms with E-state index in [0.717, 1.165) is 25.4 Å². The smallest absolute Gasteiger partial charge is 0.150 e. The van der Waals surface area contributed by atoms with Crippen LogP contribution in [0.3, 0.4) is 0 Å². The van der Waals surface area contributed by atoms with Crippen LogP contribution in [0.2, 0.25) is 0 Å². The van der Waals surface area contributed by atoms with Gasteiger partial charge in [-0.1, -0.05) is 12.1 Å². The van der Waals surface area contributed by atoms with E-state index >= 15 is 0 Å². The van der Waals surface area contributed by atoms with Gasteiger partial charge in [0.1, 0.15) is 5.52 Å². The SMILES string of the molecule is Nc1nc2cc(I)ccc2c2cccnc12. The number of aromatic nitrogens is 2. The number of hydrogen-bond donors (Lipinski definition) is 1. The average Bonchev–Trinajstić information content (AvgIpc) is 2.29. The minimum atomic E-state index is 0.491. The molecule has 0 atom stereocenters. The van der Waals surface area contributed by atoms with Crippen molar-refractivity contribution in [3.8, 4) is 0 Å².